The zero-order valence-electron chi connectivity index (χ0n) is 28.4. The van der Waals surface area contributed by atoms with Crippen LogP contribution in [0.15, 0.2) is 86.0 Å². The minimum atomic E-state index is -0.471. The third-order valence-electron chi connectivity index (χ3n) is 7.23. The number of nitrogens with one attached hydrogen (secondary N) is 1. The summed E-state index contributed by atoms with van der Waals surface area (Å²) in [6.45, 7) is 14.9. The molecule has 0 amide bonds. The Morgan fingerprint density at radius 1 is 0.723 bits per heavy atom. The molecule has 7 nitrogen and oxygen atoms in total. The molecule has 0 atom stereocenters. The van der Waals surface area contributed by atoms with Gasteiger partial charge in [-0.25, -0.2) is 9.59 Å². The third kappa shape index (κ3) is 15.0. The van der Waals surface area contributed by atoms with Gasteiger partial charge in [-0.05, 0) is 105 Å². The second kappa shape index (κ2) is 22.8. The average Bonchev–Trinajstić information content (AvgIpc) is 3.10. The number of benzene rings is 3. The van der Waals surface area contributed by atoms with Crippen molar-refractivity contribution >= 4 is 23.9 Å². The highest BCUT2D eigenvalue weighted by molar-refractivity contribution is 5.91. The first kappa shape index (κ1) is 38.5. The van der Waals surface area contributed by atoms with Crippen LogP contribution < -0.4 is 14.2 Å². The van der Waals surface area contributed by atoms with E-state index in [0.29, 0.717) is 47.3 Å². The van der Waals surface area contributed by atoms with Crippen LogP contribution in [0.1, 0.15) is 106 Å². The largest absolute Gasteiger partial charge is 0.494 e. The van der Waals surface area contributed by atoms with Crippen LogP contribution in [0.2, 0.25) is 0 Å². The highest BCUT2D eigenvalue weighted by Crippen LogP contribution is 2.26. The van der Waals surface area contributed by atoms with Gasteiger partial charge in [-0.3, -0.25) is 0 Å². The van der Waals surface area contributed by atoms with Gasteiger partial charge in [0.25, 0.3) is 0 Å². The summed E-state index contributed by atoms with van der Waals surface area (Å²) in [5, 5.41) is 7.79. The van der Waals surface area contributed by atoms with Gasteiger partial charge >= 0.3 is 11.9 Å². The number of hydrogen-bond acceptors (Lipinski definition) is 7. The van der Waals surface area contributed by atoms with Gasteiger partial charge in [-0.1, -0.05) is 65.7 Å². The predicted molar refractivity (Wildman–Crippen MR) is 191 cm³/mol. The molecule has 0 spiro atoms. The molecule has 1 N–H and O–H groups in total. The normalized spacial score (nSPS) is 10.2. The van der Waals surface area contributed by atoms with Gasteiger partial charge in [0.1, 0.15) is 23.0 Å². The summed E-state index contributed by atoms with van der Waals surface area (Å²) in [6.07, 6.45) is 13.1. The van der Waals surface area contributed by atoms with E-state index in [9.17, 15) is 9.59 Å². The number of aryl methyl sites for hydroxylation is 1. The number of carbonyl (C=O) groups excluding carboxylic acids is 2. The third-order valence-corrected chi connectivity index (χ3v) is 7.23. The van der Waals surface area contributed by atoms with Gasteiger partial charge in [0, 0.05) is 23.4 Å². The second-order valence-corrected chi connectivity index (χ2v) is 11.1. The molecule has 3 aromatic rings. The monoisotopic (exact) mass is 641 g/mol. The van der Waals surface area contributed by atoms with E-state index in [1.165, 1.54) is 37.5 Å². The summed E-state index contributed by atoms with van der Waals surface area (Å²) >= 11 is 0. The zero-order valence-corrected chi connectivity index (χ0v) is 28.4. The van der Waals surface area contributed by atoms with E-state index in [1.54, 1.807) is 48.5 Å². The summed E-state index contributed by atoms with van der Waals surface area (Å²) < 4.78 is 22.2. The van der Waals surface area contributed by atoms with E-state index < -0.39 is 11.9 Å². The van der Waals surface area contributed by atoms with Crippen molar-refractivity contribution in [1.29, 1.82) is 5.41 Å². The molecule has 0 saturated heterocycles. The van der Waals surface area contributed by atoms with Crippen LogP contribution in [0.5, 0.6) is 17.2 Å². The average molecular weight is 642 g/mol. The molecule has 0 heterocycles. The maximum Gasteiger partial charge on any atom is 0.343 e. The lowest BCUT2D eigenvalue weighted by molar-refractivity contribution is -0.137. The molecule has 3 rings (SSSR count). The van der Waals surface area contributed by atoms with Gasteiger partial charge < -0.3 is 24.4 Å². The first-order valence-corrected chi connectivity index (χ1v) is 16.7. The summed E-state index contributed by atoms with van der Waals surface area (Å²) in [5.41, 5.74) is 3.04. The van der Waals surface area contributed by atoms with Crippen molar-refractivity contribution in [3.05, 3.63) is 108 Å². The Labute approximate surface area is 281 Å². The molecule has 252 valence electrons. The first-order valence-electron chi connectivity index (χ1n) is 16.7. The standard InChI is InChI=1S/C36H41NO6.C4H10/c1-4-6-9-12-28-13-22-34(31(25-28)26-37)42-27(3)29-14-20-33(21-15-29)43-36(39)30-16-18-32(19-17-30)40-23-10-7-8-11-24-41-35(38)5-2;1-3-4-2/h5,13-22,25-26,37H,2-4,6-12,23-24H2,1H3;3-4H2,1-2H3. The molecule has 47 heavy (non-hydrogen) atoms. The number of hydrogen-bond donors (Lipinski definition) is 1. The molecule has 0 aliphatic heterocycles. The second-order valence-electron chi connectivity index (χ2n) is 11.1. The fourth-order valence-corrected chi connectivity index (χ4v) is 4.27. The molecule has 0 unspecified atom stereocenters. The van der Waals surface area contributed by atoms with E-state index in [-0.39, 0.29) is 0 Å². The summed E-state index contributed by atoms with van der Waals surface area (Å²) in [5.74, 6) is 1.22. The lowest BCUT2D eigenvalue weighted by Crippen LogP contribution is -2.08. The Bertz CT molecular complexity index is 1390. The quantitative estimate of drug-likeness (QED) is 0.0329. The maximum atomic E-state index is 12.6. The Balaban J connectivity index is 0.00000181. The Morgan fingerprint density at radius 2 is 1.36 bits per heavy atom. The molecule has 3 aromatic carbocycles. The van der Waals surface area contributed by atoms with Gasteiger partial charge in [-0.2, -0.15) is 0 Å². The van der Waals surface area contributed by atoms with Crippen molar-refractivity contribution in [2.45, 2.75) is 85.0 Å². The van der Waals surface area contributed by atoms with Crippen LogP contribution >= 0.6 is 0 Å². The van der Waals surface area contributed by atoms with E-state index in [4.69, 9.17) is 24.4 Å². The minimum Gasteiger partial charge on any atom is -0.494 e. The van der Waals surface area contributed by atoms with Crippen molar-refractivity contribution in [2.75, 3.05) is 13.2 Å². The highest BCUT2D eigenvalue weighted by Gasteiger charge is 2.11. The number of esters is 2. The fraction of sp³-hybridized carbons (Fsp3) is 0.375. The summed E-state index contributed by atoms with van der Waals surface area (Å²) in [4.78, 5) is 23.6. The molecular weight excluding hydrogens is 590 g/mol. The SMILES string of the molecule is C=CC(=O)OCCCCCCOc1ccc(C(=O)Oc2ccc(C(=C)Oc3ccc(CCCCC)cc3C=N)cc2)cc1.CCCC. The first-order chi connectivity index (χ1) is 22.8. The zero-order chi connectivity index (χ0) is 34.3. The van der Waals surface area contributed by atoms with Crippen molar-refractivity contribution in [3.8, 4) is 17.2 Å². The topological polar surface area (TPSA) is 94.9 Å². The van der Waals surface area contributed by atoms with Crippen molar-refractivity contribution < 1.29 is 28.5 Å². The molecule has 0 aliphatic rings. The molecular formula is C40H51NO6. The summed E-state index contributed by atoms with van der Waals surface area (Å²) in [7, 11) is 0. The number of rotatable bonds is 20. The molecule has 0 radical (unpaired) electrons. The van der Waals surface area contributed by atoms with Crippen molar-refractivity contribution in [3.63, 3.8) is 0 Å². The summed E-state index contributed by atoms with van der Waals surface area (Å²) in [6, 6.07) is 19.7. The highest BCUT2D eigenvalue weighted by atomic mass is 16.5. The Morgan fingerprint density at radius 3 is 1.98 bits per heavy atom. The Kier molecular flexibility index (Phi) is 18.7. The van der Waals surface area contributed by atoms with E-state index in [1.807, 2.05) is 18.2 Å². The van der Waals surface area contributed by atoms with E-state index in [0.717, 1.165) is 50.2 Å². The predicted octanol–water partition coefficient (Wildman–Crippen LogP) is 10.2. The minimum absolute atomic E-state index is 0.394. The van der Waals surface area contributed by atoms with Gasteiger partial charge in [0.2, 0.25) is 0 Å². The lowest BCUT2D eigenvalue weighted by Gasteiger charge is -2.13. The van der Waals surface area contributed by atoms with E-state index >= 15 is 0 Å². The lowest BCUT2D eigenvalue weighted by atomic mass is 10.0. The van der Waals surface area contributed by atoms with E-state index in [2.05, 4.69) is 33.9 Å². The number of unbranched alkanes of at least 4 members (excludes halogenated alkanes) is 6. The van der Waals surface area contributed by atoms with Crippen LogP contribution in [0.4, 0.5) is 0 Å². The van der Waals surface area contributed by atoms with Crippen molar-refractivity contribution in [1.82, 2.24) is 0 Å². The van der Waals surface area contributed by atoms with Gasteiger partial charge in [0.15, 0.2) is 0 Å². The van der Waals surface area contributed by atoms with Crippen LogP contribution in [-0.4, -0.2) is 31.4 Å². The molecule has 0 saturated carbocycles. The smallest absolute Gasteiger partial charge is 0.343 e. The van der Waals surface area contributed by atoms with Gasteiger partial charge in [0.05, 0.1) is 18.8 Å². The molecule has 0 aromatic heterocycles. The van der Waals surface area contributed by atoms with Crippen LogP contribution in [0.3, 0.4) is 0 Å². The van der Waals surface area contributed by atoms with Crippen LogP contribution in [0, 0.1) is 5.41 Å². The molecule has 0 fully saturated rings. The number of ether oxygens (including phenoxy) is 4. The van der Waals surface area contributed by atoms with Gasteiger partial charge in [-0.15, -0.1) is 0 Å². The van der Waals surface area contributed by atoms with Crippen LogP contribution in [-0.2, 0) is 16.0 Å². The molecule has 7 heteroatoms. The van der Waals surface area contributed by atoms with Crippen molar-refractivity contribution in [2.24, 2.45) is 0 Å². The molecule has 0 aliphatic carbocycles. The fourth-order valence-electron chi connectivity index (χ4n) is 4.27. The van der Waals surface area contributed by atoms with Crippen LogP contribution in [0.25, 0.3) is 5.76 Å². The maximum absolute atomic E-state index is 12.6. The molecule has 0 bridgehead atoms. The Hall–Kier alpha value is -4.65. The number of carbonyl (C=O) groups is 2.